The fourth-order valence-corrected chi connectivity index (χ4v) is 6.41. The molecule has 1 aromatic heterocycles. The zero-order valence-electron chi connectivity index (χ0n) is 14.8. The molecule has 2 amide bonds. The normalized spacial score (nSPS) is 39.2. The minimum Gasteiger partial charge on any atom is -0.334 e. The maximum Gasteiger partial charge on any atom is 0.249 e. The van der Waals surface area contributed by atoms with E-state index in [-0.39, 0.29) is 23.3 Å². The van der Waals surface area contributed by atoms with E-state index in [0.717, 1.165) is 17.8 Å². The maximum absolute atomic E-state index is 12.5. The molecule has 4 saturated carbocycles. The smallest absolute Gasteiger partial charge is 0.249 e. The Kier molecular flexibility index (Phi) is 3.28. The van der Waals surface area contributed by atoms with Gasteiger partial charge in [0.05, 0.1) is 6.20 Å². The molecule has 2 heterocycles. The number of aromatic nitrogens is 2. The number of likely N-dealkylation sites (tertiary alicyclic amines) is 1. The second-order valence-corrected chi connectivity index (χ2v) is 8.89. The van der Waals surface area contributed by atoms with Gasteiger partial charge in [-0.3, -0.25) is 14.9 Å². The topological polar surface area (TPSA) is 78.1 Å². The Balaban J connectivity index is 1.33. The molecule has 0 aromatic carbocycles. The van der Waals surface area contributed by atoms with Crippen molar-refractivity contribution >= 4 is 17.8 Å². The van der Waals surface area contributed by atoms with Gasteiger partial charge in [0.2, 0.25) is 17.8 Å². The zero-order valence-corrected chi connectivity index (χ0v) is 14.8. The summed E-state index contributed by atoms with van der Waals surface area (Å²) in [6.07, 6.45) is 11.0. The summed E-state index contributed by atoms with van der Waals surface area (Å²) in [5, 5.41) is 2.89. The number of nitrogens with zero attached hydrogens (tertiary/aromatic N) is 2. The molecule has 1 atom stereocenters. The average molecular weight is 342 g/mol. The first-order valence-corrected chi connectivity index (χ1v) is 9.64. The predicted octanol–water partition coefficient (Wildman–Crippen LogP) is 2.44. The molecule has 4 bridgehead atoms. The molecule has 4 aliphatic carbocycles. The molecule has 1 aromatic rings. The highest BCUT2D eigenvalue weighted by molar-refractivity contribution is 5.97. The van der Waals surface area contributed by atoms with Crippen LogP contribution in [-0.2, 0) is 15.0 Å². The number of rotatable bonds is 3. The van der Waals surface area contributed by atoms with Crippen molar-refractivity contribution in [2.45, 2.75) is 62.8 Å². The second kappa shape index (κ2) is 5.32. The number of hydrogen-bond acceptors (Lipinski definition) is 3. The van der Waals surface area contributed by atoms with Crippen molar-refractivity contribution in [1.29, 1.82) is 0 Å². The number of amides is 2. The molecule has 134 valence electrons. The van der Waals surface area contributed by atoms with Crippen molar-refractivity contribution in [2.75, 3.05) is 12.4 Å². The molecule has 5 aliphatic rings. The lowest BCUT2D eigenvalue weighted by Crippen LogP contribution is -2.48. The van der Waals surface area contributed by atoms with E-state index in [1.165, 1.54) is 49.1 Å². The number of carbonyl (C=O) groups excluding carboxylic acids is 2. The van der Waals surface area contributed by atoms with E-state index in [4.69, 9.17) is 0 Å². The Hall–Kier alpha value is -1.85. The van der Waals surface area contributed by atoms with Gasteiger partial charge in [-0.25, -0.2) is 4.98 Å². The Labute approximate surface area is 147 Å². The van der Waals surface area contributed by atoms with Crippen LogP contribution in [0.2, 0.25) is 0 Å². The van der Waals surface area contributed by atoms with Gasteiger partial charge in [0.1, 0.15) is 6.04 Å². The van der Waals surface area contributed by atoms with Crippen molar-refractivity contribution in [3.05, 3.63) is 11.9 Å². The quantitative estimate of drug-likeness (QED) is 0.885. The number of aromatic amines is 1. The molecule has 0 radical (unpaired) electrons. The van der Waals surface area contributed by atoms with Crippen molar-refractivity contribution < 1.29 is 9.59 Å². The zero-order chi connectivity index (χ0) is 17.2. The van der Waals surface area contributed by atoms with E-state index < -0.39 is 0 Å². The van der Waals surface area contributed by atoms with Crippen LogP contribution < -0.4 is 5.32 Å². The summed E-state index contributed by atoms with van der Waals surface area (Å²) < 4.78 is 0. The van der Waals surface area contributed by atoms with Crippen LogP contribution >= 0.6 is 0 Å². The molecule has 6 rings (SSSR count). The van der Waals surface area contributed by atoms with E-state index in [0.29, 0.717) is 18.8 Å². The molecule has 6 nitrogen and oxygen atoms in total. The summed E-state index contributed by atoms with van der Waals surface area (Å²) >= 11 is 0. The van der Waals surface area contributed by atoms with Crippen molar-refractivity contribution in [2.24, 2.45) is 17.8 Å². The van der Waals surface area contributed by atoms with Gasteiger partial charge >= 0.3 is 0 Å². The van der Waals surface area contributed by atoms with Crippen LogP contribution in [0.3, 0.4) is 0 Å². The average Bonchev–Trinajstić information content (AvgIpc) is 3.14. The van der Waals surface area contributed by atoms with Crippen LogP contribution in [0, 0.1) is 17.8 Å². The fourth-order valence-electron chi connectivity index (χ4n) is 6.41. The monoisotopic (exact) mass is 342 g/mol. The second-order valence-electron chi connectivity index (χ2n) is 8.89. The van der Waals surface area contributed by atoms with Crippen LogP contribution in [0.1, 0.15) is 57.1 Å². The Morgan fingerprint density at radius 1 is 1.24 bits per heavy atom. The van der Waals surface area contributed by atoms with Gasteiger partial charge in [0.15, 0.2) is 0 Å². The molecule has 5 fully saturated rings. The van der Waals surface area contributed by atoms with Gasteiger partial charge in [0, 0.05) is 24.6 Å². The number of carbonyl (C=O) groups is 2. The lowest BCUT2D eigenvalue weighted by molar-refractivity contribution is -0.131. The first-order chi connectivity index (χ1) is 12.0. The van der Waals surface area contributed by atoms with Gasteiger partial charge in [-0.15, -0.1) is 0 Å². The maximum atomic E-state index is 12.5. The molecule has 0 spiro atoms. The van der Waals surface area contributed by atoms with Crippen molar-refractivity contribution in [3.63, 3.8) is 0 Å². The highest BCUT2D eigenvalue weighted by Gasteiger charge is 2.52. The van der Waals surface area contributed by atoms with Crippen LogP contribution in [0.25, 0.3) is 0 Å². The number of likely N-dealkylation sites (N-methyl/N-ethyl adjacent to an activating group) is 1. The molecule has 1 aliphatic heterocycles. The van der Waals surface area contributed by atoms with E-state index in [2.05, 4.69) is 15.3 Å². The Bertz CT molecular complexity index is 689. The molecule has 1 saturated heterocycles. The highest BCUT2D eigenvalue weighted by atomic mass is 16.2. The highest BCUT2D eigenvalue weighted by Crippen LogP contribution is 2.60. The van der Waals surface area contributed by atoms with Gasteiger partial charge in [0.25, 0.3) is 0 Å². The molecule has 6 heteroatoms. The third-order valence-electron chi connectivity index (χ3n) is 7.22. The SMILES string of the molecule is CN1C(=O)CCC1C(=O)Nc1ncc(C23CC4CC(CC(C4)C2)C3)[nH]1. The minimum atomic E-state index is -0.374. The van der Waals surface area contributed by atoms with Crippen molar-refractivity contribution in [1.82, 2.24) is 14.9 Å². The fraction of sp³-hybridized carbons (Fsp3) is 0.737. The summed E-state index contributed by atoms with van der Waals surface area (Å²) in [5.41, 5.74) is 1.46. The van der Waals surface area contributed by atoms with Gasteiger partial charge < -0.3 is 9.88 Å². The Morgan fingerprint density at radius 2 is 1.88 bits per heavy atom. The first-order valence-electron chi connectivity index (χ1n) is 9.64. The number of hydrogen-bond donors (Lipinski definition) is 2. The lowest BCUT2D eigenvalue weighted by atomic mass is 9.49. The Morgan fingerprint density at radius 3 is 2.44 bits per heavy atom. The van der Waals surface area contributed by atoms with E-state index in [9.17, 15) is 9.59 Å². The summed E-state index contributed by atoms with van der Waals surface area (Å²) in [7, 11) is 1.70. The summed E-state index contributed by atoms with van der Waals surface area (Å²) in [6, 6.07) is -0.374. The number of anilines is 1. The van der Waals surface area contributed by atoms with Crippen LogP contribution in [0.5, 0.6) is 0 Å². The number of H-pyrrole nitrogens is 1. The molecular weight excluding hydrogens is 316 g/mol. The van der Waals surface area contributed by atoms with Crippen LogP contribution in [0.4, 0.5) is 5.95 Å². The molecule has 1 unspecified atom stereocenters. The third kappa shape index (κ3) is 2.41. The van der Waals surface area contributed by atoms with Gasteiger partial charge in [-0.2, -0.15) is 0 Å². The summed E-state index contributed by atoms with van der Waals surface area (Å²) in [4.78, 5) is 33.5. The predicted molar refractivity (Wildman–Crippen MR) is 92.9 cm³/mol. The lowest BCUT2D eigenvalue weighted by Gasteiger charge is -2.56. The standard InChI is InChI=1S/C19H26N4O2/c1-23-14(2-3-16(23)24)17(25)22-18-20-10-15(21-18)19-7-11-4-12(8-19)6-13(5-11)9-19/h10-14H,2-9H2,1H3,(H2,20,21,22,25). The number of nitrogens with one attached hydrogen (secondary N) is 2. The number of imidazole rings is 1. The van der Waals surface area contributed by atoms with Crippen molar-refractivity contribution in [3.8, 4) is 0 Å². The van der Waals surface area contributed by atoms with E-state index in [1.54, 1.807) is 7.05 Å². The van der Waals surface area contributed by atoms with E-state index in [1.807, 2.05) is 6.20 Å². The third-order valence-corrected chi connectivity index (χ3v) is 7.22. The van der Waals surface area contributed by atoms with Gasteiger partial charge in [-0.1, -0.05) is 0 Å². The van der Waals surface area contributed by atoms with E-state index >= 15 is 0 Å². The molecular formula is C19H26N4O2. The van der Waals surface area contributed by atoms with Crippen LogP contribution in [0.15, 0.2) is 6.20 Å². The largest absolute Gasteiger partial charge is 0.334 e. The summed E-state index contributed by atoms with van der Waals surface area (Å²) in [6.45, 7) is 0. The minimum absolute atomic E-state index is 0.0360. The first kappa shape index (κ1) is 15.4. The summed E-state index contributed by atoms with van der Waals surface area (Å²) in [5.74, 6) is 3.07. The van der Waals surface area contributed by atoms with Crippen LogP contribution in [-0.4, -0.2) is 39.8 Å². The molecule has 25 heavy (non-hydrogen) atoms. The molecule has 2 N–H and O–H groups in total. The van der Waals surface area contributed by atoms with Gasteiger partial charge in [-0.05, 0) is 62.7 Å².